The molecule has 0 aliphatic rings. The lowest BCUT2D eigenvalue weighted by atomic mass is 10.1. The Hall–Kier alpha value is -0.620. The number of rotatable bonds is 9. The van der Waals surface area contributed by atoms with Crippen molar-refractivity contribution in [3.8, 4) is 0 Å². The van der Waals surface area contributed by atoms with Gasteiger partial charge in [-0.2, -0.15) is 8.78 Å². The van der Waals surface area contributed by atoms with Crippen LogP contribution in [0.3, 0.4) is 0 Å². The van der Waals surface area contributed by atoms with E-state index in [1.807, 2.05) is 0 Å². The predicted octanol–water partition coefficient (Wildman–Crippen LogP) is 3.29. The smallest absolute Gasteiger partial charge is 0.325 e. The van der Waals surface area contributed by atoms with Crippen LogP contribution in [0.2, 0.25) is 0 Å². The van der Waals surface area contributed by atoms with Gasteiger partial charge in [0.1, 0.15) is 10.1 Å². The zero-order valence-electron chi connectivity index (χ0n) is 14.4. The maximum absolute atomic E-state index is 12.4. The largest absolute Gasteiger partial charge is 0.746 e. The van der Waals surface area contributed by atoms with Gasteiger partial charge in [-0.3, -0.25) is 0 Å². The molecule has 0 fully saturated rings. The van der Waals surface area contributed by atoms with Crippen LogP contribution in [0.4, 0.5) is 30.7 Å². The molecule has 0 aromatic rings. The standard InChI is InChI=1S/C8H20N.C5H5F7O3S/c1-5-9(6-2,7-3)8-4;6-1(3(8)9)2(7)5(11,12)4(10)16(13,14)15/h5-8H2,1-4H3;1-4H,(H,13,14,15)/q+1;/p-1. The van der Waals surface area contributed by atoms with E-state index in [9.17, 15) is 43.7 Å². The van der Waals surface area contributed by atoms with Crippen molar-refractivity contribution in [3.63, 3.8) is 0 Å². The summed E-state index contributed by atoms with van der Waals surface area (Å²) in [6.07, 6.45) is -12.7. The van der Waals surface area contributed by atoms with Crippen molar-refractivity contribution in [2.24, 2.45) is 0 Å². The number of quaternary nitrogens is 1. The average molecular weight is 407 g/mol. The lowest BCUT2D eigenvalue weighted by Crippen LogP contribution is -2.49. The third kappa shape index (κ3) is 7.65. The van der Waals surface area contributed by atoms with Crippen LogP contribution >= 0.6 is 0 Å². The Kier molecular flexibility index (Phi) is 11.2. The maximum Gasteiger partial charge on any atom is 0.325 e. The van der Waals surface area contributed by atoms with Gasteiger partial charge in [0, 0.05) is 0 Å². The summed E-state index contributed by atoms with van der Waals surface area (Å²) in [5.41, 5.74) is -4.63. The Bertz CT molecular complexity index is 455. The summed E-state index contributed by atoms with van der Waals surface area (Å²) < 4.78 is 115. The van der Waals surface area contributed by atoms with Crippen molar-refractivity contribution in [1.29, 1.82) is 0 Å². The number of hydrogen-bond acceptors (Lipinski definition) is 3. The Labute approximate surface area is 143 Å². The Balaban J connectivity index is 0. The fourth-order valence-corrected chi connectivity index (χ4v) is 2.51. The van der Waals surface area contributed by atoms with Crippen LogP contribution in [0.15, 0.2) is 0 Å². The SMILES string of the molecule is CC[N+](CC)(CC)CC.O=S(=O)([O-])C(F)C(F)(F)C(F)C(F)C(F)F. The van der Waals surface area contributed by atoms with Crippen molar-refractivity contribution in [3.05, 3.63) is 0 Å². The molecule has 25 heavy (non-hydrogen) atoms. The highest BCUT2D eigenvalue weighted by atomic mass is 32.2. The molecule has 0 saturated carbocycles. The van der Waals surface area contributed by atoms with E-state index < -0.39 is 40.3 Å². The summed E-state index contributed by atoms with van der Waals surface area (Å²) in [5.74, 6) is -5.68. The van der Waals surface area contributed by atoms with E-state index in [1.165, 1.54) is 30.7 Å². The molecule has 0 aromatic heterocycles. The van der Waals surface area contributed by atoms with Gasteiger partial charge in [-0.1, -0.05) is 0 Å². The summed E-state index contributed by atoms with van der Waals surface area (Å²) in [6, 6.07) is 0. The molecular formula is C13H24F7NO3S. The van der Waals surface area contributed by atoms with Gasteiger partial charge in [-0.05, 0) is 27.7 Å². The van der Waals surface area contributed by atoms with Crippen LogP contribution in [0.1, 0.15) is 27.7 Å². The molecule has 0 spiro atoms. The molecule has 154 valence electrons. The highest BCUT2D eigenvalue weighted by Crippen LogP contribution is 2.35. The molecule has 0 aliphatic carbocycles. The number of halogens is 7. The van der Waals surface area contributed by atoms with Crippen molar-refractivity contribution in [2.75, 3.05) is 26.2 Å². The summed E-state index contributed by atoms with van der Waals surface area (Å²) in [5, 5.41) is 0. The van der Waals surface area contributed by atoms with Gasteiger partial charge in [-0.25, -0.2) is 30.4 Å². The fraction of sp³-hybridized carbons (Fsp3) is 1.00. The normalized spacial score (nSPS) is 16.8. The third-order valence-electron chi connectivity index (χ3n) is 4.13. The number of hydrogen-bond donors (Lipinski definition) is 0. The lowest BCUT2D eigenvalue weighted by Gasteiger charge is -2.34. The molecule has 0 aliphatic heterocycles. The van der Waals surface area contributed by atoms with E-state index in [0.717, 1.165) is 0 Å². The van der Waals surface area contributed by atoms with Gasteiger partial charge in [0.05, 0.1) is 26.2 Å². The molecule has 0 aromatic carbocycles. The maximum atomic E-state index is 12.4. The Morgan fingerprint density at radius 2 is 1.20 bits per heavy atom. The second kappa shape index (κ2) is 10.5. The topological polar surface area (TPSA) is 57.2 Å². The van der Waals surface area contributed by atoms with Gasteiger partial charge < -0.3 is 9.04 Å². The monoisotopic (exact) mass is 407 g/mol. The first-order chi connectivity index (χ1) is 11.2. The quantitative estimate of drug-likeness (QED) is 0.335. The zero-order chi connectivity index (χ0) is 20.6. The van der Waals surface area contributed by atoms with Gasteiger partial charge in [-0.15, -0.1) is 0 Å². The Morgan fingerprint density at radius 1 is 0.880 bits per heavy atom. The van der Waals surface area contributed by atoms with Crippen molar-refractivity contribution < 1.29 is 48.2 Å². The minimum atomic E-state index is -6.28. The molecule has 0 rings (SSSR count). The van der Waals surface area contributed by atoms with E-state index >= 15 is 0 Å². The van der Waals surface area contributed by atoms with Crippen LogP contribution in [-0.4, -0.2) is 73.8 Å². The molecule has 12 heteroatoms. The lowest BCUT2D eigenvalue weighted by molar-refractivity contribution is -0.921. The first kappa shape index (κ1) is 26.6. The van der Waals surface area contributed by atoms with Crippen LogP contribution < -0.4 is 0 Å². The molecular weight excluding hydrogens is 383 g/mol. The zero-order valence-corrected chi connectivity index (χ0v) is 15.2. The predicted molar refractivity (Wildman–Crippen MR) is 77.8 cm³/mol. The second-order valence-electron chi connectivity index (χ2n) is 5.27. The molecule has 3 atom stereocenters. The second-order valence-corrected chi connectivity index (χ2v) is 6.67. The van der Waals surface area contributed by atoms with Crippen molar-refractivity contribution >= 4 is 10.1 Å². The summed E-state index contributed by atoms with van der Waals surface area (Å²) in [4.78, 5) is 0. The van der Waals surface area contributed by atoms with Gasteiger partial charge in [0.15, 0.2) is 6.17 Å². The fourth-order valence-electron chi connectivity index (χ4n) is 2.00. The molecule has 0 N–H and O–H groups in total. The van der Waals surface area contributed by atoms with E-state index in [1.54, 1.807) is 0 Å². The van der Waals surface area contributed by atoms with Gasteiger partial charge in [0.25, 0.3) is 11.9 Å². The summed E-state index contributed by atoms with van der Waals surface area (Å²) in [7, 11) is -6.28. The average Bonchev–Trinajstić information content (AvgIpc) is 2.55. The molecule has 0 amide bonds. The van der Waals surface area contributed by atoms with Gasteiger partial charge in [0.2, 0.25) is 6.17 Å². The van der Waals surface area contributed by atoms with Crippen LogP contribution in [0, 0.1) is 0 Å². The van der Waals surface area contributed by atoms with E-state index in [0.29, 0.717) is 0 Å². The van der Waals surface area contributed by atoms with E-state index in [2.05, 4.69) is 27.7 Å². The Morgan fingerprint density at radius 3 is 1.36 bits per heavy atom. The first-order valence-corrected chi connectivity index (χ1v) is 9.01. The molecule has 0 bridgehead atoms. The highest BCUT2D eigenvalue weighted by molar-refractivity contribution is 7.86. The third-order valence-corrected chi connectivity index (χ3v) is 4.95. The molecule has 0 saturated heterocycles. The molecule has 4 nitrogen and oxygen atoms in total. The molecule has 3 unspecified atom stereocenters. The van der Waals surface area contributed by atoms with E-state index in [4.69, 9.17) is 0 Å². The van der Waals surface area contributed by atoms with E-state index in [-0.39, 0.29) is 0 Å². The molecule has 0 heterocycles. The number of alkyl halides is 7. The highest BCUT2D eigenvalue weighted by Gasteiger charge is 2.57. The number of nitrogens with zero attached hydrogens (tertiary/aromatic N) is 1. The minimum Gasteiger partial charge on any atom is -0.746 e. The molecule has 0 radical (unpaired) electrons. The van der Waals surface area contributed by atoms with Crippen LogP contribution in [-0.2, 0) is 10.1 Å². The van der Waals surface area contributed by atoms with Crippen molar-refractivity contribution in [2.45, 2.75) is 57.9 Å². The first-order valence-electron chi connectivity index (χ1n) is 7.54. The summed E-state index contributed by atoms with van der Waals surface area (Å²) >= 11 is 0. The van der Waals surface area contributed by atoms with Gasteiger partial charge >= 0.3 is 5.92 Å². The van der Waals surface area contributed by atoms with Crippen LogP contribution in [0.5, 0.6) is 0 Å². The minimum absolute atomic E-state index is 1.28. The van der Waals surface area contributed by atoms with Crippen molar-refractivity contribution in [1.82, 2.24) is 0 Å². The summed E-state index contributed by atoms with van der Waals surface area (Å²) in [6.45, 7) is 14.2. The van der Waals surface area contributed by atoms with Crippen LogP contribution in [0.25, 0.3) is 0 Å².